The first-order chi connectivity index (χ1) is 10.0. The van der Waals surface area contributed by atoms with E-state index in [1.54, 1.807) is 25.1 Å². The van der Waals surface area contributed by atoms with Gasteiger partial charge < -0.3 is 14.2 Å². The van der Waals surface area contributed by atoms with Crippen molar-refractivity contribution in [3.63, 3.8) is 0 Å². The van der Waals surface area contributed by atoms with Crippen LogP contribution in [-0.2, 0) is 16.6 Å². The van der Waals surface area contributed by atoms with Crippen LogP contribution in [-0.4, -0.2) is 15.0 Å². The van der Waals surface area contributed by atoms with Crippen molar-refractivity contribution >= 4 is 10.0 Å². The molecule has 0 fully saturated rings. The predicted molar refractivity (Wildman–Crippen MR) is 78.2 cm³/mol. The first kappa shape index (κ1) is 15.8. The summed E-state index contributed by atoms with van der Waals surface area (Å²) >= 11 is 0. The third-order valence-electron chi connectivity index (χ3n) is 2.93. The lowest BCUT2D eigenvalue weighted by Gasteiger charge is -2.10. The molecular weight excluding hydrogens is 292 g/mol. The van der Waals surface area contributed by atoms with Gasteiger partial charge in [0.05, 0.1) is 18.8 Å². The Labute approximate surface area is 124 Å². The molecule has 6 nitrogen and oxygen atoms in total. The quantitative estimate of drug-likeness (QED) is 0.731. The summed E-state index contributed by atoms with van der Waals surface area (Å²) in [6.45, 7) is 5.14. The van der Waals surface area contributed by atoms with Crippen LogP contribution in [0.4, 0.5) is 0 Å². The minimum absolute atomic E-state index is 0.0887. The van der Waals surface area contributed by atoms with Gasteiger partial charge in [0.25, 0.3) is 10.0 Å². The highest BCUT2D eigenvalue weighted by Gasteiger charge is 2.23. The van der Waals surface area contributed by atoms with Crippen molar-refractivity contribution in [1.82, 2.24) is 10.0 Å². The highest BCUT2D eigenvalue weighted by Crippen LogP contribution is 2.19. The zero-order valence-corrected chi connectivity index (χ0v) is 12.9. The van der Waals surface area contributed by atoms with E-state index >= 15 is 0 Å². The van der Waals surface area contributed by atoms with Crippen molar-refractivity contribution in [3.8, 4) is 0 Å². The number of furan rings is 2. The fraction of sp³-hybridized carbons (Fsp3) is 0.429. The summed E-state index contributed by atoms with van der Waals surface area (Å²) in [5.74, 6) is 1.14. The number of hydrogen-bond donors (Lipinski definition) is 2. The predicted octanol–water partition coefficient (Wildman–Crippen LogP) is 2.41. The standard InChI is InChI=1S/C14H20N2O4S/c1-3-8-15-10-12-6-7-14(20-12)21(17,18)16-11(2)13-5-4-9-19-13/h4-7,9,11,15-16H,3,8,10H2,1-2H3. The molecule has 21 heavy (non-hydrogen) atoms. The summed E-state index contributed by atoms with van der Waals surface area (Å²) in [6.07, 6.45) is 2.51. The van der Waals surface area contributed by atoms with Crippen LogP contribution in [0.2, 0.25) is 0 Å². The lowest BCUT2D eigenvalue weighted by molar-refractivity contribution is 0.395. The largest absolute Gasteiger partial charge is 0.468 e. The Morgan fingerprint density at radius 1 is 1.29 bits per heavy atom. The molecule has 0 spiro atoms. The molecule has 0 aliphatic carbocycles. The van der Waals surface area contributed by atoms with Crippen molar-refractivity contribution < 1.29 is 17.3 Å². The fourth-order valence-electron chi connectivity index (χ4n) is 1.87. The highest BCUT2D eigenvalue weighted by molar-refractivity contribution is 7.89. The molecule has 0 saturated carbocycles. The fourth-order valence-corrected chi connectivity index (χ4v) is 3.03. The molecule has 0 amide bonds. The Kier molecular flexibility index (Phi) is 5.22. The van der Waals surface area contributed by atoms with Gasteiger partial charge in [-0.3, -0.25) is 0 Å². The molecule has 2 rings (SSSR count). The van der Waals surface area contributed by atoms with Crippen LogP contribution >= 0.6 is 0 Å². The molecule has 7 heteroatoms. The lowest BCUT2D eigenvalue weighted by Crippen LogP contribution is -2.26. The number of hydrogen-bond acceptors (Lipinski definition) is 5. The SMILES string of the molecule is CCCNCc1ccc(S(=O)(=O)NC(C)c2ccco2)o1. The van der Waals surface area contributed by atoms with E-state index in [0.717, 1.165) is 13.0 Å². The van der Waals surface area contributed by atoms with Crippen LogP contribution in [0.15, 0.2) is 44.5 Å². The van der Waals surface area contributed by atoms with Crippen LogP contribution in [0, 0.1) is 0 Å². The van der Waals surface area contributed by atoms with Gasteiger partial charge in [-0.05, 0) is 44.2 Å². The monoisotopic (exact) mass is 312 g/mol. The Balaban J connectivity index is 2.02. The smallest absolute Gasteiger partial charge is 0.274 e. The molecule has 116 valence electrons. The third-order valence-corrected chi connectivity index (χ3v) is 4.34. The minimum atomic E-state index is -3.70. The van der Waals surface area contributed by atoms with E-state index in [1.807, 2.05) is 0 Å². The minimum Gasteiger partial charge on any atom is -0.468 e. The van der Waals surface area contributed by atoms with Crippen LogP contribution in [0.1, 0.15) is 37.8 Å². The molecule has 0 saturated heterocycles. The number of rotatable bonds is 8. The lowest BCUT2D eigenvalue weighted by atomic mass is 10.3. The van der Waals surface area contributed by atoms with Crippen molar-refractivity contribution in [2.45, 2.75) is 37.9 Å². The molecule has 1 atom stereocenters. The molecule has 2 aromatic heterocycles. The van der Waals surface area contributed by atoms with E-state index < -0.39 is 16.1 Å². The van der Waals surface area contributed by atoms with Crippen LogP contribution in [0.25, 0.3) is 0 Å². The second-order valence-electron chi connectivity index (χ2n) is 4.76. The average Bonchev–Trinajstić information content (AvgIpc) is 3.10. The van der Waals surface area contributed by atoms with Crippen LogP contribution in [0.5, 0.6) is 0 Å². The maximum atomic E-state index is 12.2. The van der Waals surface area contributed by atoms with E-state index in [9.17, 15) is 8.42 Å². The average molecular weight is 312 g/mol. The highest BCUT2D eigenvalue weighted by atomic mass is 32.2. The zero-order valence-electron chi connectivity index (χ0n) is 12.1. The Morgan fingerprint density at radius 2 is 2.10 bits per heavy atom. The summed E-state index contributed by atoms with van der Waals surface area (Å²) in [5.41, 5.74) is 0. The molecule has 0 aromatic carbocycles. The van der Waals surface area contributed by atoms with E-state index in [0.29, 0.717) is 18.1 Å². The molecule has 2 aromatic rings. The van der Waals surface area contributed by atoms with Gasteiger partial charge in [0, 0.05) is 0 Å². The topological polar surface area (TPSA) is 84.5 Å². The van der Waals surface area contributed by atoms with Gasteiger partial charge >= 0.3 is 0 Å². The van der Waals surface area contributed by atoms with Crippen molar-refractivity contribution in [2.24, 2.45) is 0 Å². The second-order valence-corrected chi connectivity index (χ2v) is 6.40. The van der Waals surface area contributed by atoms with Gasteiger partial charge in [-0.15, -0.1) is 0 Å². The van der Waals surface area contributed by atoms with Gasteiger partial charge in [0.2, 0.25) is 5.09 Å². The van der Waals surface area contributed by atoms with Gasteiger partial charge in [-0.25, -0.2) is 8.42 Å². The maximum absolute atomic E-state index is 12.2. The summed E-state index contributed by atoms with van der Waals surface area (Å²) < 4.78 is 37.5. The first-order valence-corrected chi connectivity index (χ1v) is 8.36. The summed E-state index contributed by atoms with van der Waals surface area (Å²) in [4.78, 5) is 0. The molecule has 2 N–H and O–H groups in total. The Hall–Kier alpha value is -1.57. The first-order valence-electron chi connectivity index (χ1n) is 6.88. The summed E-state index contributed by atoms with van der Waals surface area (Å²) in [6, 6.07) is 6.09. The molecule has 0 aliphatic rings. The molecule has 0 aliphatic heterocycles. The maximum Gasteiger partial charge on any atom is 0.274 e. The molecule has 0 radical (unpaired) electrons. The van der Waals surface area contributed by atoms with Gasteiger partial charge in [0.1, 0.15) is 11.5 Å². The molecule has 0 bridgehead atoms. The summed E-state index contributed by atoms with van der Waals surface area (Å²) in [5, 5.41) is 3.07. The van der Waals surface area contributed by atoms with Crippen molar-refractivity contribution in [2.75, 3.05) is 6.54 Å². The van der Waals surface area contributed by atoms with Gasteiger partial charge in [0.15, 0.2) is 0 Å². The van der Waals surface area contributed by atoms with E-state index in [4.69, 9.17) is 8.83 Å². The van der Waals surface area contributed by atoms with Gasteiger partial charge in [-0.2, -0.15) is 4.72 Å². The van der Waals surface area contributed by atoms with Crippen LogP contribution in [0.3, 0.4) is 0 Å². The zero-order chi connectivity index (χ0) is 15.3. The number of nitrogens with one attached hydrogen (secondary N) is 2. The van der Waals surface area contributed by atoms with Crippen molar-refractivity contribution in [3.05, 3.63) is 42.0 Å². The second kappa shape index (κ2) is 6.93. The Morgan fingerprint density at radius 3 is 2.76 bits per heavy atom. The normalized spacial score (nSPS) is 13.4. The van der Waals surface area contributed by atoms with Gasteiger partial charge in [-0.1, -0.05) is 6.92 Å². The Bertz CT molecular complexity index is 646. The van der Waals surface area contributed by atoms with E-state index in [1.165, 1.54) is 12.3 Å². The van der Waals surface area contributed by atoms with Crippen LogP contribution < -0.4 is 10.0 Å². The third kappa shape index (κ3) is 4.20. The van der Waals surface area contributed by atoms with E-state index in [2.05, 4.69) is 17.0 Å². The molecule has 1 unspecified atom stereocenters. The molecular formula is C14H20N2O4S. The number of sulfonamides is 1. The summed E-state index contributed by atoms with van der Waals surface area (Å²) in [7, 11) is -3.70. The van der Waals surface area contributed by atoms with Crippen molar-refractivity contribution in [1.29, 1.82) is 0 Å². The van der Waals surface area contributed by atoms with E-state index in [-0.39, 0.29) is 5.09 Å². The molecule has 2 heterocycles.